The Labute approximate surface area is 141 Å². The van der Waals surface area contributed by atoms with Gasteiger partial charge in [-0.1, -0.05) is 0 Å². The molecule has 2 amide bonds. The number of β-amino-alcohol motifs (C(OH)–C–C–N with tert-alkyl or cyclic N) is 1. The van der Waals surface area contributed by atoms with Gasteiger partial charge in [0.25, 0.3) is 5.91 Å². The summed E-state index contributed by atoms with van der Waals surface area (Å²) in [4.78, 5) is 32.2. The standard InChI is InChI=1S/C17H25N3O4/c1-12(21)9-20-10-17(4-3-14(20)22)5-7-19(8-6-17)16(23)15-13(2)24-11-18-15/h11-12,21H,3-10H2,1-2H3. The van der Waals surface area contributed by atoms with E-state index in [1.807, 2.05) is 4.90 Å². The molecule has 0 radical (unpaired) electrons. The second-order valence-electron chi connectivity index (χ2n) is 7.17. The van der Waals surface area contributed by atoms with Crippen LogP contribution >= 0.6 is 0 Å². The summed E-state index contributed by atoms with van der Waals surface area (Å²) >= 11 is 0. The number of rotatable bonds is 3. The van der Waals surface area contributed by atoms with E-state index in [-0.39, 0.29) is 17.2 Å². The lowest BCUT2D eigenvalue weighted by Gasteiger charge is -2.47. The first-order chi connectivity index (χ1) is 11.4. The molecule has 1 aromatic rings. The summed E-state index contributed by atoms with van der Waals surface area (Å²) < 4.78 is 5.12. The lowest BCUT2D eigenvalue weighted by molar-refractivity contribution is -0.140. The smallest absolute Gasteiger partial charge is 0.276 e. The zero-order chi connectivity index (χ0) is 17.3. The number of aliphatic hydroxyl groups is 1. The fraction of sp³-hybridized carbons (Fsp3) is 0.706. The van der Waals surface area contributed by atoms with Crippen LogP contribution < -0.4 is 0 Å². The van der Waals surface area contributed by atoms with Crippen LogP contribution in [0.1, 0.15) is 48.9 Å². The van der Waals surface area contributed by atoms with Gasteiger partial charge < -0.3 is 19.3 Å². The molecule has 0 bridgehead atoms. The van der Waals surface area contributed by atoms with E-state index in [9.17, 15) is 14.7 Å². The van der Waals surface area contributed by atoms with Crippen LogP contribution in [-0.4, -0.2) is 64.0 Å². The molecule has 1 unspecified atom stereocenters. The van der Waals surface area contributed by atoms with E-state index >= 15 is 0 Å². The van der Waals surface area contributed by atoms with Gasteiger partial charge in [-0.25, -0.2) is 4.98 Å². The van der Waals surface area contributed by atoms with Crippen LogP contribution in [0.5, 0.6) is 0 Å². The largest absolute Gasteiger partial charge is 0.448 e. The Hall–Kier alpha value is -1.89. The maximum atomic E-state index is 12.5. The fourth-order valence-corrected chi connectivity index (χ4v) is 3.84. The summed E-state index contributed by atoms with van der Waals surface area (Å²) in [5, 5.41) is 9.59. The number of likely N-dealkylation sites (tertiary alicyclic amines) is 2. The van der Waals surface area contributed by atoms with Gasteiger partial charge in [-0.15, -0.1) is 0 Å². The Morgan fingerprint density at radius 3 is 2.71 bits per heavy atom. The quantitative estimate of drug-likeness (QED) is 0.897. The molecule has 132 valence electrons. The van der Waals surface area contributed by atoms with Crippen LogP contribution in [-0.2, 0) is 4.79 Å². The van der Waals surface area contributed by atoms with Gasteiger partial charge >= 0.3 is 0 Å². The van der Waals surface area contributed by atoms with Crippen LogP contribution in [0.15, 0.2) is 10.8 Å². The molecule has 24 heavy (non-hydrogen) atoms. The molecule has 2 fully saturated rings. The number of aliphatic hydroxyl groups excluding tert-OH is 1. The molecule has 2 aliphatic rings. The summed E-state index contributed by atoms with van der Waals surface area (Å²) in [6, 6.07) is 0. The molecule has 7 heteroatoms. The van der Waals surface area contributed by atoms with Crippen LogP contribution in [0, 0.1) is 12.3 Å². The van der Waals surface area contributed by atoms with E-state index in [4.69, 9.17) is 4.42 Å². The molecule has 0 aliphatic carbocycles. The van der Waals surface area contributed by atoms with Crippen molar-refractivity contribution in [3.05, 3.63) is 17.8 Å². The number of aryl methyl sites for hydroxylation is 1. The summed E-state index contributed by atoms with van der Waals surface area (Å²) in [5.41, 5.74) is 0.457. The topological polar surface area (TPSA) is 86.9 Å². The van der Waals surface area contributed by atoms with E-state index in [0.717, 1.165) is 19.3 Å². The predicted molar refractivity (Wildman–Crippen MR) is 86.3 cm³/mol. The fourth-order valence-electron chi connectivity index (χ4n) is 3.84. The van der Waals surface area contributed by atoms with E-state index < -0.39 is 6.10 Å². The Balaban J connectivity index is 1.63. The first-order valence-electron chi connectivity index (χ1n) is 8.55. The third-order valence-electron chi connectivity index (χ3n) is 5.29. The number of oxazole rings is 1. The average Bonchev–Trinajstić information content (AvgIpc) is 2.97. The van der Waals surface area contributed by atoms with E-state index in [1.54, 1.807) is 18.7 Å². The van der Waals surface area contributed by atoms with E-state index in [0.29, 0.717) is 44.1 Å². The number of nitrogens with zero attached hydrogens (tertiary/aromatic N) is 3. The van der Waals surface area contributed by atoms with Crippen molar-refractivity contribution in [1.29, 1.82) is 0 Å². The minimum atomic E-state index is -0.513. The average molecular weight is 335 g/mol. The van der Waals surface area contributed by atoms with Gasteiger partial charge in [0.1, 0.15) is 5.76 Å². The van der Waals surface area contributed by atoms with Gasteiger partial charge in [0.15, 0.2) is 12.1 Å². The molecular weight excluding hydrogens is 310 g/mol. The molecule has 1 N–H and O–H groups in total. The third kappa shape index (κ3) is 3.31. The molecule has 2 aliphatic heterocycles. The highest BCUT2D eigenvalue weighted by atomic mass is 16.3. The van der Waals surface area contributed by atoms with Gasteiger partial charge in [-0.3, -0.25) is 9.59 Å². The van der Waals surface area contributed by atoms with Crippen molar-refractivity contribution in [3.63, 3.8) is 0 Å². The van der Waals surface area contributed by atoms with Crippen molar-refractivity contribution < 1.29 is 19.1 Å². The number of piperidine rings is 2. The summed E-state index contributed by atoms with van der Waals surface area (Å²) in [6.07, 6.45) is 3.93. The first-order valence-corrected chi connectivity index (χ1v) is 8.55. The summed E-state index contributed by atoms with van der Waals surface area (Å²) in [5.74, 6) is 0.591. The van der Waals surface area contributed by atoms with Gasteiger partial charge in [0, 0.05) is 32.6 Å². The van der Waals surface area contributed by atoms with Crippen LogP contribution in [0.3, 0.4) is 0 Å². The van der Waals surface area contributed by atoms with Crippen molar-refractivity contribution in [3.8, 4) is 0 Å². The van der Waals surface area contributed by atoms with Gasteiger partial charge in [0.2, 0.25) is 5.91 Å². The molecule has 3 heterocycles. The lowest BCUT2D eigenvalue weighted by Crippen LogP contribution is -2.53. The molecule has 3 rings (SSSR count). The maximum absolute atomic E-state index is 12.5. The second kappa shape index (κ2) is 6.55. The number of aromatic nitrogens is 1. The van der Waals surface area contributed by atoms with Crippen molar-refractivity contribution in [1.82, 2.24) is 14.8 Å². The molecule has 1 aromatic heterocycles. The van der Waals surface area contributed by atoms with Crippen LogP contribution in [0.4, 0.5) is 0 Å². The van der Waals surface area contributed by atoms with Crippen molar-refractivity contribution >= 4 is 11.8 Å². The lowest BCUT2D eigenvalue weighted by atomic mass is 9.72. The maximum Gasteiger partial charge on any atom is 0.276 e. The first kappa shape index (κ1) is 17.0. The van der Waals surface area contributed by atoms with Crippen LogP contribution in [0.25, 0.3) is 0 Å². The Morgan fingerprint density at radius 1 is 1.42 bits per heavy atom. The monoisotopic (exact) mass is 335 g/mol. The van der Waals surface area contributed by atoms with Crippen molar-refractivity contribution in [2.24, 2.45) is 5.41 Å². The minimum Gasteiger partial charge on any atom is -0.448 e. The highest BCUT2D eigenvalue weighted by molar-refractivity contribution is 5.93. The molecule has 2 saturated heterocycles. The molecule has 0 saturated carbocycles. The number of hydrogen-bond donors (Lipinski definition) is 1. The van der Waals surface area contributed by atoms with Crippen molar-refractivity contribution in [2.75, 3.05) is 26.2 Å². The zero-order valence-electron chi connectivity index (χ0n) is 14.3. The van der Waals surface area contributed by atoms with E-state index in [2.05, 4.69) is 4.98 Å². The predicted octanol–water partition coefficient (Wildman–Crippen LogP) is 1.21. The number of amides is 2. The SMILES string of the molecule is Cc1ocnc1C(=O)N1CCC2(CCC(=O)N(CC(C)O)C2)CC1. The molecule has 7 nitrogen and oxygen atoms in total. The number of carbonyl (C=O) groups is 2. The molecule has 1 spiro atoms. The number of carbonyl (C=O) groups excluding carboxylic acids is 2. The minimum absolute atomic E-state index is 0.0679. The highest BCUT2D eigenvalue weighted by Crippen LogP contribution is 2.40. The molecule has 1 atom stereocenters. The van der Waals surface area contributed by atoms with Gasteiger partial charge in [0.05, 0.1) is 6.10 Å². The summed E-state index contributed by atoms with van der Waals surface area (Å²) in [6.45, 7) is 5.86. The van der Waals surface area contributed by atoms with Crippen molar-refractivity contribution in [2.45, 2.75) is 45.6 Å². The van der Waals surface area contributed by atoms with Gasteiger partial charge in [-0.2, -0.15) is 0 Å². The second-order valence-corrected chi connectivity index (χ2v) is 7.17. The Kier molecular flexibility index (Phi) is 4.62. The molecule has 0 aromatic carbocycles. The van der Waals surface area contributed by atoms with E-state index in [1.165, 1.54) is 6.39 Å². The van der Waals surface area contributed by atoms with Crippen LogP contribution in [0.2, 0.25) is 0 Å². The Morgan fingerprint density at radius 2 is 2.12 bits per heavy atom. The van der Waals surface area contributed by atoms with Gasteiger partial charge in [-0.05, 0) is 38.5 Å². The number of hydrogen-bond acceptors (Lipinski definition) is 5. The summed E-state index contributed by atoms with van der Waals surface area (Å²) in [7, 11) is 0. The molecular formula is C17H25N3O4. The zero-order valence-corrected chi connectivity index (χ0v) is 14.3. The third-order valence-corrected chi connectivity index (χ3v) is 5.29. The Bertz CT molecular complexity index is 617. The highest BCUT2D eigenvalue weighted by Gasteiger charge is 2.42. The normalized spacial score (nSPS) is 22.0.